The second-order valence-electron chi connectivity index (χ2n) is 5.55. The molecule has 0 saturated heterocycles. The lowest BCUT2D eigenvalue weighted by atomic mass is 10.2. The van der Waals surface area contributed by atoms with E-state index in [4.69, 9.17) is 9.26 Å². The predicted molar refractivity (Wildman–Crippen MR) is 89.8 cm³/mol. The number of carbonyl (C=O) groups excluding carboxylic acids is 1. The van der Waals surface area contributed by atoms with Crippen molar-refractivity contribution < 1.29 is 14.1 Å². The molecule has 2 heterocycles. The van der Waals surface area contributed by atoms with Gasteiger partial charge in [0.25, 0.3) is 5.91 Å². The third-order valence-electron chi connectivity index (χ3n) is 3.64. The van der Waals surface area contributed by atoms with Gasteiger partial charge in [-0.25, -0.2) is 0 Å². The minimum absolute atomic E-state index is 0.149. The zero-order valence-corrected chi connectivity index (χ0v) is 13.7. The fourth-order valence-corrected chi connectivity index (χ4v) is 2.41. The van der Waals surface area contributed by atoms with Gasteiger partial charge in [0.1, 0.15) is 12.4 Å². The SMILES string of the molecule is CCCN(C)C(=O)c1cc(COc2ccc3ncccc3c2)on1. The molecule has 0 bridgehead atoms. The van der Waals surface area contributed by atoms with E-state index >= 15 is 0 Å². The quantitative estimate of drug-likeness (QED) is 0.695. The molecule has 3 rings (SSSR count). The van der Waals surface area contributed by atoms with E-state index in [9.17, 15) is 4.79 Å². The third kappa shape index (κ3) is 3.53. The first-order chi connectivity index (χ1) is 11.7. The van der Waals surface area contributed by atoms with Crippen molar-refractivity contribution in [2.75, 3.05) is 13.6 Å². The summed E-state index contributed by atoms with van der Waals surface area (Å²) in [5.41, 5.74) is 1.21. The highest BCUT2D eigenvalue weighted by molar-refractivity contribution is 5.92. The van der Waals surface area contributed by atoms with Crippen molar-refractivity contribution in [2.24, 2.45) is 0 Å². The van der Waals surface area contributed by atoms with Crippen LogP contribution in [0.1, 0.15) is 29.6 Å². The minimum atomic E-state index is -0.149. The highest BCUT2D eigenvalue weighted by Crippen LogP contribution is 2.20. The molecule has 0 aliphatic heterocycles. The molecule has 0 aliphatic carbocycles. The summed E-state index contributed by atoms with van der Waals surface area (Å²) in [6.07, 6.45) is 2.65. The van der Waals surface area contributed by atoms with Crippen molar-refractivity contribution in [3.05, 3.63) is 54.0 Å². The summed E-state index contributed by atoms with van der Waals surface area (Å²) in [4.78, 5) is 18.0. The van der Waals surface area contributed by atoms with Crippen LogP contribution in [0.25, 0.3) is 10.9 Å². The van der Waals surface area contributed by atoms with Crippen LogP contribution >= 0.6 is 0 Å². The van der Waals surface area contributed by atoms with Crippen LogP contribution < -0.4 is 4.74 Å². The maximum absolute atomic E-state index is 12.1. The van der Waals surface area contributed by atoms with E-state index in [1.54, 1.807) is 24.2 Å². The number of amides is 1. The summed E-state index contributed by atoms with van der Waals surface area (Å²) in [7, 11) is 1.75. The molecule has 0 atom stereocenters. The Balaban J connectivity index is 1.65. The number of nitrogens with zero attached hydrogens (tertiary/aromatic N) is 3. The van der Waals surface area contributed by atoms with Gasteiger partial charge >= 0.3 is 0 Å². The normalized spacial score (nSPS) is 10.8. The number of pyridine rings is 1. The Labute approximate surface area is 140 Å². The fourth-order valence-electron chi connectivity index (χ4n) is 2.41. The van der Waals surface area contributed by atoms with Crippen molar-refractivity contribution in [1.82, 2.24) is 15.0 Å². The summed E-state index contributed by atoms with van der Waals surface area (Å²) >= 11 is 0. The average Bonchev–Trinajstić information content (AvgIpc) is 3.08. The number of aromatic nitrogens is 2. The van der Waals surface area contributed by atoms with E-state index in [1.165, 1.54) is 0 Å². The van der Waals surface area contributed by atoms with Crippen LogP contribution in [0.3, 0.4) is 0 Å². The van der Waals surface area contributed by atoms with Crippen LogP contribution in [-0.2, 0) is 6.61 Å². The molecule has 24 heavy (non-hydrogen) atoms. The Kier molecular flexibility index (Phi) is 4.74. The van der Waals surface area contributed by atoms with E-state index in [1.807, 2.05) is 37.3 Å². The lowest BCUT2D eigenvalue weighted by Gasteiger charge is -2.13. The first-order valence-corrected chi connectivity index (χ1v) is 7.86. The molecule has 0 radical (unpaired) electrons. The first kappa shape index (κ1) is 16.0. The van der Waals surface area contributed by atoms with Crippen LogP contribution in [0.15, 0.2) is 47.1 Å². The molecular weight excluding hydrogens is 306 g/mol. The van der Waals surface area contributed by atoms with E-state index < -0.39 is 0 Å². The summed E-state index contributed by atoms with van der Waals surface area (Å²) in [5.74, 6) is 1.07. The van der Waals surface area contributed by atoms with Gasteiger partial charge in [0.2, 0.25) is 0 Å². The molecular formula is C18H19N3O3. The highest BCUT2D eigenvalue weighted by atomic mass is 16.5. The molecule has 0 spiro atoms. The lowest BCUT2D eigenvalue weighted by molar-refractivity contribution is 0.0784. The smallest absolute Gasteiger partial charge is 0.275 e. The Morgan fingerprint density at radius 2 is 2.17 bits per heavy atom. The summed E-state index contributed by atoms with van der Waals surface area (Å²) in [6.45, 7) is 2.91. The van der Waals surface area contributed by atoms with Crippen molar-refractivity contribution in [3.63, 3.8) is 0 Å². The largest absolute Gasteiger partial charge is 0.486 e. The molecule has 0 unspecified atom stereocenters. The van der Waals surface area contributed by atoms with E-state index in [0.717, 1.165) is 17.3 Å². The zero-order chi connectivity index (χ0) is 16.9. The standard InChI is InChI=1S/C18H19N3O3/c1-3-9-21(2)18(22)17-11-15(24-20-17)12-23-14-6-7-16-13(10-14)5-4-8-19-16/h4-8,10-11H,3,9,12H2,1-2H3. The second-order valence-corrected chi connectivity index (χ2v) is 5.55. The van der Waals surface area contributed by atoms with Crippen LogP contribution in [0.2, 0.25) is 0 Å². The molecule has 0 fully saturated rings. The van der Waals surface area contributed by atoms with E-state index in [-0.39, 0.29) is 12.5 Å². The van der Waals surface area contributed by atoms with Gasteiger partial charge in [0, 0.05) is 31.2 Å². The summed E-state index contributed by atoms with van der Waals surface area (Å²) in [5, 5.41) is 4.83. The number of ether oxygens (including phenoxy) is 1. The minimum Gasteiger partial charge on any atom is -0.486 e. The number of carbonyl (C=O) groups is 1. The number of fused-ring (bicyclic) bond motifs is 1. The van der Waals surface area contributed by atoms with Crippen molar-refractivity contribution in [3.8, 4) is 5.75 Å². The van der Waals surface area contributed by atoms with Gasteiger partial charge in [-0.05, 0) is 30.7 Å². The van der Waals surface area contributed by atoms with Crippen molar-refractivity contribution >= 4 is 16.8 Å². The highest BCUT2D eigenvalue weighted by Gasteiger charge is 2.16. The Hall–Kier alpha value is -2.89. The van der Waals surface area contributed by atoms with Gasteiger partial charge in [-0.15, -0.1) is 0 Å². The first-order valence-electron chi connectivity index (χ1n) is 7.86. The Morgan fingerprint density at radius 3 is 3.00 bits per heavy atom. The summed E-state index contributed by atoms with van der Waals surface area (Å²) < 4.78 is 10.9. The number of hydrogen-bond acceptors (Lipinski definition) is 5. The van der Waals surface area contributed by atoms with Crippen molar-refractivity contribution in [1.29, 1.82) is 0 Å². The number of hydrogen-bond donors (Lipinski definition) is 0. The predicted octanol–water partition coefficient (Wildman–Crippen LogP) is 3.28. The molecule has 2 aromatic heterocycles. The molecule has 1 amide bonds. The second kappa shape index (κ2) is 7.12. The van der Waals surface area contributed by atoms with Crippen LogP contribution in [0.4, 0.5) is 0 Å². The van der Waals surface area contributed by atoms with Crippen LogP contribution in [0.5, 0.6) is 5.75 Å². The van der Waals surface area contributed by atoms with Crippen molar-refractivity contribution in [2.45, 2.75) is 20.0 Å². The van der Waals surface area contributed by atoms with Gasteiger partial charge in [-0.1, -0.05) is 18.1 Å². The maximum atomic E-state index is 12.1. The number of benzene rings is 1. The summed E-state index contributed by atoms with van der Waals surface area (Å²) in [6, 6.07) is 11.2. The molecule has 6 nitrogen and oxygen atoms in total. The lowest BCUT2D eigenvalue weighted by Crippen LogP contribution is -2.27. The van der Waals surface area contributed by atoms with E-state index in [0.29, 0.717) is 23.7 Å². The molecule has 6 heteroatoms. The van der Waals surface area contributed by atoms with Gasteiger partial charge in [0.15, 0.2) is 11.5 Å². The van der Waals surface area contributed by atoms with E-state index in [2.05, 4.69) is 10.1 Å². The van der Waals surface area contributed by atoms with Crippen LogP contribution in [-0.4, -0.2) is 34.5 Å². The van der Waals surface area contributed by atoms with Gasteiger partial charge in [-0.2, -0.15) is 0 Å². The Morgan fingerprint density at radius 1 is 1.29 bits per heavy atom. The fraction of sp³-hybridized carbons (Fsp3) is 0.278. The van der Waals surface area contributed by atoms with Gasteiger partial charge < -0.3 is 14.2 Å². The topological polar surface area (TPSA) is 68.5 Å². The average molecular weight is 325 g/mol. The zero-order valence-electron chi connectivity index (χ0n) is 13.7. The van der Waals surface area contributed by atoms with Gasteiger partial charge in [0.05, 0.1) is 5.52 Å². The molecule has 0 N–H and O–H groups in total. The van der Waals surface area contributed by atoms with Crippen LogP contribution in [0, 0.1) is 0 Å². The van der Waals surface area contributed by atoms with Gasteiger partial charge in [-0.3, -0.25) is 9.78 Å². The monoisotopic (exact) mass is 325 g/mol. The number of rotatable bonds is 6. The molecule has 3 aromatic rings. The third-order valence-corrected chi connectivity index (χ3v) is 3.64. The maximum Gasteiger partial charge on any atom is 0.275 e. The molecule has 1 aromatic carbocycles. The molecule has 124 valence electrons. The molecule has 0 aliphatic rings. The molecule has 0 saturated carbocycles. The Bertz CT molecular complexity index is 844.